The maximum atomic E-state index is 11.1. The summed E-state index contributed by atoms with van der Waals surface area (Å²) in [6.45, 7) is 3.86. The zero-order valence-corrected chi connectivity index (χ0v) is 6.18. The standard InChI is InChI=1S/C8H10O2/c1-5-4-8(2)7(9)3-6(5)10-8/h4,6H,3H2,1-2H3/t6-,8-/m0/s1. The van der Waals surface area contributed by atoms with Crippen LogP contribution in [0.3, 0.4) is 0 Å². The van der Waals surface area contributed by atoms with Gasteiger partial charge in [-0.25, -0.2) is 0 Å². The molecule has 0 unspecified atom stereocenters. The van der Waals surface area contributed by atoms with Crippen LogP contribution < -0.4 is 0 Å². The molecule has 1 fully saturated rings. The molecule has 10 heavy (non-hydrogen) atoms. The van der Waals surface area contributed by atoms with E-state index in [1.165, 1.54) is 5.57 Å². The van der Waals surface area contributed by atoms with E-state index in [2.05, 4.69) is 0 Å². The number of ether oxygens (including phenoxy) is 1. The van der Waals surface area contributed by atoms with Gasteiger partial charge in [-0.05, 0) is 25.5 Å². The molecule has 0 N–H and O–H groups in total. The highest BCUT2D eigenvalue weighted by atomic mass is 16.5. The molecule has 0 saturated carbocycles. The normalized spacial score (nSPS) is 44.4. The van der Waals surface area contributed by atoms with Gasteiger partial charge in [0.05, 0.1) is 6.10 Å². The third-order valence-electron chi connectivity index (χ3n) is 2.32. The lowest BCUT2D eigenvalue weighted by Gasteiger charge is -2.12. The van der Waals surface area contributed by atoms with E-state index in [4.69, 9.17) is 4.74 Å². The second-order valence-electron chi connectivity index (χ2n) is 3.23. The van der Waals surface area contributed by atoms with Crippen molar-refractivity contribution in [1.29, 1.82) is 0 Å². The summed E-state index contributed by atoms with van der Waals surface area (Å²) in [5, 5.41) is 0. The first-order valence-corrected chi connectivity index (χ1v) is 3.52. The molecule has 2 aliphatic heterocycles. The topological polar surface area (TPSA) is 26.3 Å². The molecule has 0 aliphatic carbocycles. The molecular formula is C8H10O2. The lowest BCUT2D eigenvalue weighted by molar-refractivity contribution is -0.125. The number of carbonyl (C=O) groups excluding carboxylic acids is 1. The molecule has 0 aromatic heterocycles. The second kappa shape index (κ2) is 1.51. The molecule has 54 valence electrons. The maximum absolute atomic E-state index is 11.1. The van der Waals surface area contributed by atoms with Crippen LogP contribution in [0.1, 0.15) is 20.3 Å². The van der Waals surface area contributed by atoms with Gasteiger partial charge in [-0.3, -0.25) is 4.79 Å². The average Bonchev–Trinajstić information content (AvgIpc) is 2.20. The van der Waals surface area contributed by atoms with Crippen molar-refractivity contribution in [3.8, 4) is 0 Å². The van der Waals surface area contributed by atoms with Crippen LogP contribution in [-0.4, -0.2) is 17.5 Å². The fraction of sp³-hybridized carbons (Fsp3) is 0.625. The molecule has 0 spiro atoms. The Morgan fingerprint density at radius 3 is 2.80 bits per heavy atom. The van der Waals surface area contributed by atoms with E-state index in [-0.39, 0.29) is 11.9 Å². The number of hydrogen-bond donors (Lipinski definition) is 0. The smallest absolute Gasteiger partial charge is 0.171 e. The molecule has 2 rings (SSSR count). The summed E-state index contributed by atoms with van der Waals surface area (Å²) in [4.78, 5) is 11.1. The van der Waals surface area contributed by atoms with Gasteiger partial charge in [-0.2, -0.15) is 0 Å². The van der Waals surface area contributed by atoms with Gasteiger partial charge in [0, 0.05) is 6.42 Å². The van der Waals surface area contributed by atoms with Crippen molar-refractivity contribution in [2.75, 3.05) is 0 Å². The highest BCUT2D eigenvalue weighted by Gasteiger charge is 2.48. The number of carbonyl (C=O) groups is 1. The first-order chi connectivity index (χ1) is 4.62. The monoisotopic (exact) mass is 138 g/mol. The van der Waals surface area contributed by atoms with Crippen LogP contribution in [0.5, 0.6) is 0 Å². The minimum atomic E-state index is -0.561. The van der Waals surface area contributed by atoms with E-state index in [0.717, 1.165) is 0 Å². The molecule has 2 heteroatoms. The van der Waals surface area contributed by atoms with Gasteiger partial charge in [0.15, 0.2) is 5.78 Å². The molecule has 2 heterocycles. The van der Waals surface area contributed by atoms with Gasteiger partial charge in [0.2, 0.25) is 0 Å². The van der Waals surface area contributed by atoms with Crippen LogP contribution >= 0.6 is 0 Å². The van der Waals surface area contributed by atoms with Crippen LogP contribution in [-0.2, 0) is 9.53 Å². The highest BCUT2D eigenvalue weighted by Crippen LogP contribution is 2.38. The van der Waals surface area contributed by atoms with E-state index < -0.39 is 5.60 Å². The van der Waals surface area contributed by atoms with Crippen LogP contribution in [0.2, 0.25) is 0 Å². The van der Waals surface area contributed by atoms with Crippen molar-refractivity contribution < 1.29 is 9.53 Å². The fourth-order valence-electron chi connectivity index (χ4n) is 1.67. The molecule has 0 aromatic rings. The lowest BCUT2D eigenvalue weighted by atomic mass is 9.91. The van der Waals surface area contributed by atoms with Gasteiger partial charge in [-0.1, -0.05) is 0 Å². The van der Waals surface area contributed by atoms with Crippen molar-refractivity contribution in [2.24, 2.45) is 0 Å². The van der Waals surface area contributed by atoms with Crippen molar-refractivity contribution in [1.82, 2.24) is 0 Å². The first-order valence-electron chi connectivity index (χ1n) is 3.52. The Hall–Kier alpha value is -0.630. The van der Waals surface area contributed by atoms with E-state index in [1.54, 1.807) is 0 Å². The SMILES string of the molecule is CC1=C[C@]2(C)O[C@H]1CC2=O. The highest BCUT2D eigenvalue weighted by molar-refractivity contribution is 5.93. The van der Waals surface area contributed by atoms with E-state index in [0.29, 0.717) is 6.42 Å². The third kappa shape index (κ3) is 0.548. The Morgan fingerprint density at radius 1 is 1.80 bits per heavy atom. The molecule has 0 amide bonds. The Labute approximate surface area is 59.9 Å². The predicted octanol–water partition coefficient (Wildman–Crippen LogP) is 1.06. The minimum absolute atomic E-state index is 0.0949. The van der Waals surface area contributed by atoms with Gasteiger partial charge in [0.25, 0.3) is 0 Å². The zero-order valence-electron chi connectivity index (χ0n) is 6.18. The molecular weight excluding hydrogens is 128 g/mol. The van der Waals surface area contributed by atoms with Gasteiger partial charge < -0.3 is 4.74 Å². The predicted molar refractivity (Wildman–Crippen MR) is 36.7 cm³/mol. The molecule has 0 radical (unpaired) electrons. The van der Waals surface area contributed by atoms with Crippen LogP contribution in [0.25, 0.3) is 0 Å². The zero-order chi connectivity index (χ0) is 7.35. The Kier molecular flexibility index (Phi) is 0.920. The third-order valence-corrected chi connectivity index (χ3v) is 2.32. The Bertz CT molecular complexity index is 229. The van der Waals surface area contributed by atoms with Crippen LogP contribution in [0.4, 0.5) is 0 Å². The molecule has 2 bridgehead atoms. The summed E-state index contributed by atoms with van der Waals surface area (Å²) in [7, 11) is 0. The number of fused-ring (bicyclic) bond motifs is 2. The number of Topliss-reactive ketones (excluding diaryl/α,β-unsaturated/α-hetero) is 1. The van der Waals surface area contributed by atoms with Crippen molar-refractivity contribution in [3.63, 3.8) is 0 Å². The molecule has 1 saturated heterocycles. The second-order valence-corrected chi connectivity index (χ2v) is 3.23. The van der Waals surface area contributed by atoms with E-state index in [9.17, 15) is 4.79 Å². The maximum Gasteiger partial charge on any atom is 0.171 e. The fourth-order valence-corrected chi connectivity index (χ4v) is 1.67. The Morgan fingerprint density at radius 2 is 2.50 bits per heavy atom. The number of ketones is 1. The van der Waals surface area contributed by atoms with Crippen molar-refractivity contribution in [2.45, 2.75) is 32.0 Å². The summed E-state index contributed by atoms with van der Waals surface area (Å²) >= 11 is 0. The molecule has 2 atom stereocenters. The van der Waals surface area contributed by atoms with Crippen molar-refractivity contribution in [3.05, 3.63) is 11.6 Å². The first kappa shape index (κ1) is 6.10. The molecule has 2 nitrogen and oxygen atoms in total. The van der Waals surface area contributed by atoms with E-state index >= 15 is 0 Å². The lowest BCUT2D eigenvalue weighted by Crippen LogP contribution is -2.27. The van der Waals surface area contributed by atoms with Gasteiger partial charge >= 0.3 is 0 Å². The number of hydrogen-bond acceptors (Lipinski definition) is 2. The van der Waals surface area contributed by atoms with Crippen molar-refractivity contribution >= 4 is 5.78 Å². The van der Waals surface area contributed by atoms with E-state index in [1.807, 2.05) is 19.9 Å². The quantitative estimate of drug-likeness (QED) is 0.468. The van der Waals surface area contributed by atoms with Gasteiger partial charge in [-0.15, -0.1) is 0 Å². The Balaban J connectivity index is 2.45. The van der Waals surface area contributed by atoms with Crippen LogP contribution in [0.15, 0.2) is 11.6 Å². The molecule has 0 aromatic carbocycles. The summed E-state index contributed by atoms with van der Waals surface area (Å²) < 4.78 is 5.44. The molecule has 2 aliphatic rings. The summed E-state index contributed by atoms with van der Waals surface area (Å²) in [6, 6.07) is 0. The largest absolute Gasteiger partial charge is 0.355 e. The summed E-state index contributed by atoms with van der Waals surface area (Å²) in [5.41, 5.74) is 0.650. The minimum Gasteiger partial charge on any atom is -0.355 e. The summed E-state index contributed by atoms with van der Waals surface area (Å²) in [5.74, 6) is 0.225. The summed E-state index contributed by atoms with van der Waals surface area (Å²) in [6.07, 6.45) is 2.61. The van der Waals surface area contributed by atoms with Gasteiger partial charge in [0.1, 0.15) is 5.60 Å². The average molecular weight is 138 g/mol. The van der Waals surface area contributed by atoms with Crippen LogP contribution in [0, 0.1) is 0 Å². The number of rotatable bonds is 0.